The van der Waals surface area contributed by atoms with E-state index in [1.807, 2.05) is 19.1 Å². The smallest absolute Gasteiger partial charge is 0.122 e. The second-order valence-electron chi connectivity index (χ2n) is 5.01. The molecule has 2 unspecified atom stereocenters. The van der Waals surface area contributed by atoms with Gasteiger partial charge in [0.15, 0.2) is 0 Å². The summed E-state index contributed by atoms with van der Waals surface area (Å²) in [7, 11) is 0. The van der Waals surface area contributed by atoms with Crippen molar-refractivity contribution < 1.29 is 9.84 Å². The fourth-order valence-electron chi connectivity index (χ4n) is 2.34. The van der Waals surface area contributed by atoms with Gasteiger partial charge in [-0.15, -0.1) is 0 Å². The van der Waals surface area contributed by atoms with E-state index in [1.165, 1.54) is 0 Å². The van der Waals surface area contributed by atoms with Crippen molar-refractivity contribution in [1.29, 1.82) is 0 Å². The minimum Gasteiger partial charge on any atom is -0.508 e. The van der Waals surface area contributed by atoms with E-state index in [0.717, 1.165) is 37.4 Å². The summed E-state index contributed by atoms with van der Waals surface area (Å²) in [6, 6.07) is 5.59. The first-order valence-electron chi connectivity index (χ1n) is 6.53. The number of ether oxygens (including phenoxy) is 1. The first kappa shape index (κ1) is 13.2. The average molecular weight is 250 g/mol. The van der Waals surface area contributed by atoms with Crippen molar-refractivity contribution in [1.82, 2.24) is 0 Å². The van der Waals surface area contributed by atoms with Crippen molar-refractivity contribution >= 4 is 5.69 Å². The molecule has 0 radical (unpaired) electrons. The molecule has 1 saturated heterocycles. The maximum Gasteiger partial charge on any atom is 0.122 e. The zero-order valence-electron chi connectivity index (χ0n) is 11.1. The standard InChI is InChI=1S/C14H22N2O2/c1-10-9-16(6-3-7-18-10)12-4-5-13(11(2)15)14(17)8-12/h4-5,8,10-11,17H,3,6-7,9,15H2,1-2H3. The Morgan fingerprint density at radius 1 is 1.50 bits per heavy atom. The zero-order chi connectivity index (χ0) is 13.1. The van der Waals surface area contributed by atoms with Crippen LogP contribution in [0.3, 0.4) is 0 Å². The summed E-state index contributed by atoms with van der Waals surface area (Å²) in [5.74, 6) is 0.278. The molecule has 1 aliphatic rings. The Hall–Kier alpha value is -1.26. The molecule has 2 rings (SSSR count). The molecule has 0 aromatic heterocycles. The van der Waals surface area contributed by atoms with Crippen molar-refractivity contribution in [3.05, 3.63) is 23.8 Å². The van der Waals surface area contributed by atoms with Crippen LogP contribution in [0.2, 0.25) is 0 Å². The first-order valence-corrected chi connectivity index (χ1v) is 6.53. The van der Waals surface area contributed by atoms with Gasteiger partial charge in [-0.2, -0.15) is 0 Å². The van der Waals surface area contributed by atoms with Crippen LogP contribution >= 0.6 is 0 Å². The van der Waals surface area contributed by atoms with E-state index in [9.17, 15) is 5.11 Å². The summed E-state index contributed by atoms with van der Waals surface area (Å²) < 4.78 is 5.62. The zero-order valence-corrected chi connectivity index (χ0v) is 11.1. The maximum absolute atomic E-state index is 9.99. The van der Waals surface area contributed by atoms with Crippen LogP contribution in [-0.2, 0) is 4.74 Å². The molecule has 1 heterocycles. The van der Waals surface area contributed by atoms with Gasteiger partial charge in [0.2, 0.25) is 0 Å². The third-order valence-electron chi connectivity index (χ3n) is 3.32. The predicted octanol–water partition coefficient (Wildman–Crippen LogP) is 2.03. The molecule has 4 heteroatoms. The number of hydrogen-bond donors (Lipinski definition) is 2. The lowest BCUT2D eigenvalue weighted by Gasteiger charge is -2.25. The molecule has 0 bridgehead atoms. The number of benzene rings is 1. The van der Waals surface area contributed by atoms with Crippen LogP contribution < -0.4 is 10.6 Å². The van der Waals surface area contributed by atoms with Gasteiger partial charge in [0, 0.05) is 43.1 Å². The fourth-order valence-corrected chi connectivity index (χ4v) is 2.34. The highest BCUT2D eigenvalue weighted by atomic mass is 16.5. The molecule has 0 spiro atoms. The molecular formula is C14H22N2O2. The predicted molar refractivity (Wildman–Crippen MR) is 73.0 cm³/mol. The molecule has 4 nitrogen and oxygen atoms in total. The molecule has 3 N–H and O–H groups in total. The second kappa shape index (κ2) is 5.59. The van der Waals surface area contributed by atoms with E-state index in [1.54, 1.807) is 6.07 Å². The lowest BCUT2D eigenvalue weighted by molar-refractivity contribution is 0.0821. The van der Waals surface area contributed by atoms with Gasteiger partial charge in [-0.1, -0.05) is 6.07 Å². The quantitative estimate of drug-likeness (QED) is 0.843. The number of phenolic OH excluding ortho intramolecular Hbond substituents is 1. The monoisotopic (exact) mass is 250 g/mol. The average Bonchev–Trinajstić information content (AvgIpc) is 2.53. The van der Waals surface area contributed by atoms with Gasteiger partial charge < -0.3 is 20.5 Å². The van der Waals surface area contributed by atoms with Gasteiger partial charge in [0.1, 0.15) is 5.75 Å². The number of anilines is 1. The largest absolute Gasteiger partial charge is 0.508 e. The summed E-state index contributed by atoms with van der Waals surface area (Å²) in [6.07, 6.45) is 1.24. The van der Waals surface area contributed by atoms with Crippen LogP contribution in [0.25, 0.3) is 0 Å². The highest BCUT2D eigenvalue weighted by molar-refractivity contribution is 5.54. The van der Waals surface area contributed by atoms with Crippen molar-refractivity contribution in [3.63, 3.8) is 0 Å². The Balaban J connectivity index is 2.19. The van der Waals surface area contributed by atoms with Crippen LogP contribution in [0, 0.1) is 0 Å². The summed E-state index contributed by atoms with van der Waals surface area (Å²) in [6.45, 7) is 6.57. The molecule has 0 aliphatic carbocycles. The van der Waals surface area contributed by atoms with Gasteiger partial charge in [-0.25, -0.2) is 0 Å². The first-order chi connectivity index (χ1) is 8.58. The van der Waals surface area contributed by atoms with Crippen LogP contribution in [0.4, 0.5) is 5.69 Å². The molecule has 0 saturated carbocycles. The number of nitrogens with two attached hydrogens (primary N) is 1. The Bertz CT molecular complexity index is 407. The van der Waals surface area contributed by atoms with E-state index < -0.39 is 0 Å². The van der Waals surface area contributed by atoms with Gasteiger partial charge >= 0.3 is 0 Å². The lowest BCUT2D eigenvalue weighted by atomic mass is 10.1. The minimum absolute atomic E-state index is 0.148. The summed E-state index contributed by atoms with van der Waals surface area (Å²) in [5, 5.41) is 9.99. The molecule has 1 fully saturated rings. The Morgan fingerprint density at radius 2 is 2.28 bits per heavy atom. The van der Waals surface area contributed by atoms with E-state index >= 15 is 0 Å². The topological polar surface area (TPSA) is 58.7 Å². The second-order valence-corrected chi connectivity index (χ2v) is 5.01. The third-order valence-corrected chi connectivity index (χ3v) is 3.32. The van der Waals surface area contributed by atoms with Crippen LogP contribution in [0.5, 0.6) is 5.75 Å². The third kappa shape index (κ3) is 2.94. The highest BCUT2D eigenvalue weighted by Gasteiger charge is 2.16. The normalized spacial score (nSPS) is 22.6. The van der Waals surface area contributed by atoms with E-state index in [2.05, 4.69) is 11.8 Å². The summed E-state index contributed by atoms with van der Waals surface area (Å²) in [4.78, 5) is 2.25. The number of hydrogen-bond acceptors (Lipinski definition) is 4. The molecule has 18 heavy (non-hydrogen) atoms. The molecule has 1 aromatic rings. The molecule has 1 aliphatic heterocycles. The number of nitrogens with zero attached hydrogens (tertiary/aromatic N) is 1. The summed E-state index contributed by atoms with van der Waals surface area (Å²) in [5.41, 5.74) is 7.62. The maximum atomic E-state index is 9.99. The molecule has 2 atom stereocenters. The van der Waals surface area contributed by atoms with Crippen LogP contribution in [0.1, 0.15) is 31.9 Å². The van der Waals surface area contributed by atoms with Gasteiger partial charge in [0.25, 0.3) is 0 Å². The van der Waals surface area contributed by atoms with Crippen molar-refractivity contribution in [2.24, 2.45) is 5.73 Å². The van der Waals surface area contributed by atoms with Crippen LogP contribution in [0.15, 0.2) is 18.2 Å². The summed E-state index contributed by atoms with van der Waals surface area (Å²) >= 11 is 0. The molecule has 100 valence electrons. The van der Waals surface area contributed by atoms with Crippen molar-refractivity contribution in [2.45, 2.75) is 32.4 Å². The SMILES string of the molecule is CC1CN(c2ccc(C(C)N)c(O)c2)CCCO1. The lowest BCUT2D eigenvalue weighted by Crippen LogP contribution is -2.30. The van der Waals surface area contributed by atoms with Gasteiger partial charge in [-0.05, 0) is 26.3 Å². The minimum atomic E-state index is -0.148. The van der Waals surface area contributed by atoms with Crippen molar-refractivity contribution in [2.75, 3.05) is 24.6 Å². The van der Waals surface area contributed by atoms with Gasteiger partial charge in [0.05, 0.1) is 6.10 Å². The number of aromatic hydroxyl groups is 1. The molecule has 1 aromatic carbocycles. The number of phenols is 1. The Morgan fingerprint density at radius 3 is 2.94 bits per heavy atom. The molecular weight excluding hydrogens is 228 g/mol. The van der Waals surface area contributed by atoms with E-state index in [-0.39, 0.29) is 17.9 Å². The number of rotatable bonds is 2. The van der Waals surface area contributed by atoms with Crippen molar-refractivity contribution in [3.8, 4) is 5.75 Å². The Labute approximate surface area is 108 Å². The molecule has 0 amide bonds. The fraction of sp³-hybridized carbons (Fsp3) is 0.571. The van der Waals surface area contributed by atoms with Gasteiger partial charge in [-0.3, -0.25) is 0 Å². The highest BCUT2D eigenvalue weighted by Crippen LogP contribution is 2.28. The van der Waals surface area contributed by atoms with Crippen LogP contribution in [-0.4, -0.2) is 30.9 Å². The van der Waals surface area contributed by atoms with E-state index in [4.69, 9.17) is 10.5 Å². The van der Waals surface area contributed by atoms with E-state index in [0.29, 0.717) is 0 Å². The Kier molecular flexibility index (Phi) is 4.09.